The van der Waals surface area contributed by atoms with Crippen LogP contribution in [0, 0.1) is 0 Å². The standard InChI is InChI=1S/C42H50N8O4/c1-44(23-27-49-39(51)31-9-4-7-29-35(47-19-15-43-16-20-47)13-11-33(37(29)31)41(49)53)17-6-18-45(2)24-28-50-40(52)32-10-5-8-30-36(48-25-21-46(3)22-26-48)14-12-34(38(30)32)42(50)54/h4-5,7-14,43H,6,15-28H2,1-3H3. The van der Waals surface area contributed by atoms with Gasteiger partial charge in [-0.1, -0.05) is 24.3 Å². The Kier molecular flexibility index (Phi) is 10.1. The number of amides is 4. The number of imide groups is 2. The fraction of sp³-hybridized carbons (Fsp3) is 0.429. The lowest BCUT2D eigenvalue weighted by atomic mass is 9.92. The zero-order valence-electron chi connectivity index (χ0n) is 31.6. The molecule has 1 N–H and O–H groups in total. The molecule has 282 valence electrons. The van der Waals surface area contributed by atoms with Crippen molar-refractivity contribution in [3.63, 3.8) is 0 Å². The molecular weight excluding hydrogens is 681 g/mol. The van der Waals surface area contributed by atoms with Gasteiger partial charge >= 0.3 is 0 Å². The Morgan fingerprint density at radius 1 is 0.537 bits per heavy atom. The van der Waals surface area contributed by atoms with Crippen molar-refractivity contribution in [3.05, 3.63) is 82.9 Å². The van der Waals surface area contributed by atoms with Gasteiger partial charge in [-0.25, -0.2) is 0 Å². The summed E-state index contributed by atoms with van der Waals surface area (Å²) >= 11 is 0. The van der Waals surface area contributed by atoms with Crippen molar-refractivity contribution in [2.24, 2.45) is 0 Å². The summed E-state index contributed by atoms with van der Waals surface area (Å²) in [6, 6.07) is 19.4. The highest BCUT2D eigenvalue weighted by atomic mass is 16.2. The second kappa shape index (κ2) is 15.1. The number of anilines is 2. The molecule has 0 unspecified atom stereocenters. The molecule has 0 spiro atoms. The Bertz CT molecular complexity index is 2080. The fourth-order valence-electron chi connectivity index (χ4n) is 8.55. The minimum Gasteiger partial charge on any atom is -0.368 e. The van der Waals surface area contributed by atoms with Crippen molar-refractivity contribution in [3.8, 4) is 0 Å². The molecule has 0 aliphatic carbocycles. The molecule has 4 aromatic rings. The number of carbonyl (C=O) groups is 4. The average molecular weight is 731 g/mol. The van der Waals surface area contributed by atoms with Crippen molar-refractivity contribution < 1.29 is 19.2 Å². The van der Waals surface area contributed by atoms with Gasteiger partial charge in [0.05, 0.1) is 0 Å². The first kappa shape index (κ1) is 36.1. The molecule has 0 radical (unpaired) electrons. The smallest absolute Gasteiger partial charge is 0.261 e. The molecule has 8 rings (SSSR count). The molecule has 12 nitrogen and oxygen atoms in total. The van der Waals surface area contributed by atoms with Gasteiger partial charge in [0.2, 0.25) is 0 Å². The first-order valence-electron chi connectivity index (χ1n) is 19.3. The van der Waals surface area contributed by atoms with Gasteiger partial charge in [0.25, 0.3) is 23.6 Å². The third kappa shape index (κ3) is 6.61. The van der Waals surface area contributed by atoms with Gasteiger partial charge in [-0.3, -0.25) is 29.0 Å². The topological polar surface area (TPSA) is 103 Å². The van der Waals surface area contributed by atoms with Crippen LogP contribution in [-0.4, -0.2) is 161 Å². The summed E-state index contributed by atoms with van der Waals surface area (Å²) in [5.41, 5.74) is 4.51. The molecule has 2 fully saturated rings. The minimum atomic E-state index is -0.236. The molecule has 12 heteroatoms. The first-order valence-corrected chi connectivity index (χ1v) is 19.3. The summed E-state index contributed by atoms with van der Waals surface area (Å²) in [5, 5.41) is 6.85. The van der Waals surface area contributed by atoms with E-state index >= 15 is 0 Å². The van der Waals surface area contributed by atoms with E-state index in [0.29, 0.717) is 48.4 Å². The summed E-state index contributed by atoms with van der Waals surface area (Å²) in [4.78, 5) is 68.8. The Hall–Kier alpha value is -4.88. The van der Waals surface area contributed by atoms with Crippen LogP contribution in [-0.2, 0) is 0 Å². The molecule has 0 bridgehead atoms. The maximum absolute atomic E-state index is 13.7. The molecular formula is C42H50N8O4. The largest absolute Gasteiger partial charge is 0.368 e. The van der Waals surface area contributed by atoms with E-state index in [1.54, 1.807) is 0 Å². The quantitative estimate of drug-likeness (QED) is 0.219. The van der Waals surface area contributed by atoms with Crippen LogP contribution < -0.4 is 15.1 Å². The summed E-state index contributed by atoms with van der Waals surface area (Å²) in [5.74, 6) is -0.940. The molecule has 4 amide bonds. The molecule has 0 aromatic heterocycles. The third-order valence-corrected chi connectivity index (χ3v) is 11.7. The second-order valence-corrected chi connectivity index (χ2v) is 15.2. The van der Waals surface area contributed by atoms with Crippen molar-refractivity contribution in [2.75, 3.05) is 123 Å². The second-order valence-electron chi connectivity index (χ2n) is 15.2. The molecule has 0 saturated carbocycles. The van der Waals surface area contributed by atoms with Crippen LogP contribution in [0.5, 0.6) is 0 Å². The van der Waals surface area contributed by atoms with Crippen LogP contribution in [0.25, 0.3) is 21.5 Å². The highest BCUT2D eigenvalue weighted by molar-refractivity contribution is 6.28. The highest BCUT2D eigenvalue weighted by Crippen LogP contribution is 2.38. The van der Waals surface area contributed by atoms with E-state index in [1.165, 1.54) is 9.80 Å². The van der Waals surface area contributed by atoms with Gasteiger partial charge in [0, 0.05) is 134 Å². The van der Waals surface area contributed by atoms with E-state index < -0.39 is 0 Å². The van der Waals surface area contributed by atoms with Gasteiger partial charge < -0.3 is 29.8 Å². The fourth-order valence-corrected chi connectivity index (χ4v) is 8.55. The van der Waals surface area contributed by atoms with Gasteiger partial charge in [0.1, 0.15) is 0 Å². The Labute approximate surface area is 316 Å². The number of likely N-dealkylation sites (N-methyl/N-ethyl adjacent to an activating group) is 3. The van der Waals surface area contributed by atoms with E-state index in [1.807, 2.05) is 74.8 Å². The lowest BCUT2D eigenvalue weighted by molar-refractivity contribution is 0.0585. The SMILES string of the molecule is CN(CCCN(C)CCN1C(=O)c2cccc3c(N4CCN(C)CC4)ccc(c23)C1=O)CCN1C(=O)c2cccc3c(N4CCNCC4)ccc(c23)C1=O. The predicted octanol–water partition coefficient (Wildman–Crippen LogP) is 3.30. The van der Waals surface area contributed by atoms with E-state index in [4.69, 9.17) is 0 Å². The summed E-state index contributed by atoms with van der Waals surface area (Å²) < 4.78 is 0. The van der Waals surface area contributed by atoms with Crippen LogP contribution in [0.2, 0.25) is 0 Å². The van der Waals surface area contributed by atoms with Gasteiger partial charge in [-0.15, -0.1) is 0 Å². The van der Waals surface area contributed by atoms with Crippen molar-refractivity contribution in [1.82, 2.24) is 29.8 Å². The predicted molar refractivity (Wildman–Crippen MR) is 213 cm³/mol. The number of hydrogen-bond donors (Lipinski definition) is 1. The summed E-state index contributed by atoms with van der Waals surface area (Å²) in [7, 11) is 6.14. The zero-order valence-corrected chi connectivity index (χ0v) is 31.6. The average Bonchev–Trinajstić information content (AvgIpc) is 3.19. The van der Waals surface area contributed by atoms with Crippen LogP contribution in [0.15, 0.2) is 60.7 Å². The van der Waals surface area contributed by atoms with Crippen LogP contribution in [0.4, 0.5) is 11.4 Å². The molecule has 4 aliphatic rings. The lowest BCUT2D eigenvalue weighted by Gasteiger charge is -2.36. The maximum atomic E-state index is 13.7. The number of nitrogens with one attached hydrogen (secondary N) is 1. The van der Waals surface area contributed by atoms with Gasteiger partial charge in [0.15, 0.2) is 0 Å². The monoisotopic (exact) mass is 730 g/mol. The number of piperazine rings is 2. The van der Waals surface area contributed by atoms with E-state index in [9.17, 15) is 19.2 Å². The minimum absolute atomic E-state index is 0.234. The van der Waals surface area contributed by atoms with Crippen molar-refractivity contribution in [1.29, 1.82) is 0 Å². The highest BCUT2D eigenvalue weighted by Gasteiger charge is 2.35. The zero-order chi connectivity index (χ0) is 37.5. The maximum Gasteiger partial charge on any atom is 0.261 e. The molecule has 4 heterocycles. The van der Waals surface area contributed by atoms with E-state index in [2.05, 4.69) is 36.9 Å². The number of carbonyl (C=O) groups excluding carboxylic acids is 4. The Balaban J connectivity index is 0.836. The van der Waals surface area contributed by atoms with Crippen molar-refractivity contribution in [2.45, 2.75) is 6.42 Å². The van der Waals surface area contributed by atoms with E-state index in [0.717, 1.165) is 105 Å². The lowest BCUT2D eigenvalue weighted by Crippen LogP contribution is -2.45. The van der Waals surface area contributed by atoms with Crippen molar-refractivity contribution >= 4 is 56.5 Å². The van der Waals surface area contributed by atoms with Crippen LogP contribution in [0.3, 0.4) is 0 Å². The van der Waals surface area contributed by atoms with Gasteiger partial charge in [-0.2, -0.15) is 0 Å². The summed E-state index contributed by atoms with van der Waals surface area (Å²) in [6.45, 7) is 10.6. The molecule has 54 heavy (non-hydrogen) atoms. The normalized spacial score (nSPS) is 18.0. The Morgan fingerprint density at radius 2 is 0.963 bits per heavy atom. The van der Waals surface area contributed by atoms with Gasteiger partial charge in [-0.05, 0) is 77.1 Å². The number of nitrogens with zero attached hydrogens (tertiary/aromatic N) is 7. The summed E-state index contributed by atoms with van der Waals surface area (Å²) in [6.07, 6.45) is 0.852. The molecule has 4 aliphatic heterocycles. The van der Waals surface area contributed by atoms with Crippen LogP contribution >= 0.6 is 0 Å². The van der Waals surface area contributed by atoms with Crippen LogP contribution in [0.1, 0.15) is 47.9 Å². The number of hydrogen-bond acceptors (Lipinski definition) is 10. The third-order valence-electron chi connectivity index (χ3n) is 11.7. The number of rotatable bonds is 12. The van der Waals surface area contributed by atoms with E-state index in [-0.39, 0.29) is 23.6 Å². The Morgan fingerprint density at radius 3 is 1.43 bits per heavy atom. The molecule has 4 aromatic carbocycles. The first-order chi connectivity index (χ1) is 26.2. The molecule has 0 atom stereocenters. The number of benzene rings is 4. The molecule has 2 saturated heterocycles.